The number of benzene rings is 1. The molecular weight excluding hydrogens is 272 g/mol. The van der Waals surface area contributed by atoms with Crippen LogP contribution in [0.3, 0.4) is 0 Å². The SMILES string of the molecule is Cc1ncoc1C(=O)N1CCC(C(=O)O)c2ccccc21. The maximum atomic E-state index is 12.6. The Morgan fingerprint density at radius 3 is 2.81 bits per heavy atom. The number of carbonyl (C=O) groups excluding carboxylic acids is 1. The van der Waals surface area contributed by atoms with Crippen molar-refractivity contribution in [2.24, 2.45) is 0 Å². The van der Waals surface area contributed by atoms with Gasteiger partial charge < -0.3 is 14.4 Å². The monoisotopic (exact) mass is 286 g/mol. The number of aliphatic carboxylic acids is 1. The van der Waals surface area contributed by atoms with Crippen LogP contribution in [0, 0.1) is 6.92 Å². The summed E-state index contributed by atoms with van der Waals surface area (Å²) in [6.07, 6.45) is 1.61. The van der Waals surface area contributed by atoms with Crippen LogP contribution >= 0.6 is 0 Å². The second-order valence-electron chi connectivity index (χ2n) is 4.96. The molecule has 0 bridgehead atoms. The zero-order valence-electron chi connectivity index (χ0n) is 11.4. The van der Waals surface area contributed by atoms with E-state index in [1.54, 1.807) is 36.1 Å². The molecule has 0 fully saturated rings. The lowest BCUT2D eigenvalue weighted by Gasteiger charge is -2.32. The molecule has 6 nitrogen and oxygen atoms in total. The first-order valence-corrected chi connectivity index (χ1v) is 6.63. The van der Waals surface area contributed by atoms with Crippen molar-refractivity contribution in [3.8, 4) is 0 Å². The normalized spacial score (nSPS) is 17.4. The van der Waals surface area contributed by atoms with Gasteiger partial charge in [-0.15, -0.1) is 0 Å². The van der Waals surface area contributed by atoms with Crippen LogP contribution in [0.4, 0.5) is 5.69 Å². The molecule has 0 aliphatic carbocycles. The quantitative estimate of drug-likeness (QED) is 0.915. The Morgan fingerprint density at radius 2 is 2.14 bits per heavy atom. The summed E-state index contributed by atoms with van der Waals surface area (Å²) in [6.45, 7) is 2.04. The van der Waals surface area contributed by atoms with Crippen molar-refractivity contribution >= 4 is 17.6 Å². The molecule has 1 aromatic carbocycles. The highest BCUT2D eigenvalue weighted by Crippen LogP contribution is 2.36. The van der Waals surface area contributed by atoms with Crippen molar-refractivity contribution in [2.45, 2.75) is 19.3 Å². The number of para-hydroxylation sites is 1. The zero-order valence-corrected chi connectivity index (χ0v) is 11.4. The largest absolute Gasteiger partial charge is 0.481 e. The molecule has 108 valence electrons. The maximum Gasteiger partial charge on any atom is 0.311 e. The standard InChI is InChI=1S/C15H14N2O4/c1-9-13(21-8-16-9)14(18)17-7-6-11(15(19)20)10-4-2-3-5-12(10)17/h2-5,8,11H,6-7H2,1H3,(H,19,20). The molecule has 21 heavy (non-hydrogen) atoms. The van der Waals surface area contributed by atoms with Gasteiger partial charge >= 0.3 is 5.97 Å². The fourth-order valence-electron chi connectivity index (χ4n) is 2.66. The van der Waals surface area contributed by atoms with Gasteiger partial charge in [0.1, 0.15) is 0 Å². The second kappa shape index (κ2) is 5.05. The van der Waals surface area contributed by atoms with Gasteiger partial charge in [0.15, 0.2) is 6.39 Å². The molecule has 1 amide bonds. The van der Waals surface area contributed by atoms with Gasteiger partial charge in [0, 0.05) is 12.2 Å². The van der Waals surface area contributed by atoms with E-state index in [2.05, 4.69) is 4.98 Å². The number of aryl methyl sites for hydroxylation is 1. The smallest absolute Gasteiger partial charge is 0.311 e. The highest BCUT2D eigenvalue weighted by Gasteiger charge is 2.34. The summed E-state index contributed by atoms with van der Waals surface area (Å²) < 4.78 is 5.15. The predicted octanol–water partition coefficient (Wildman–Crippen LogP) is 2.20. The number of carbonyl (C=O) groups is 2. The molecule has 1 atom stereocenters. The van der Waals surface area contributed by atoms with Gasteiger partial charge in [0.2, 0.25) is 5.76 Å². The van der Waals surface area contributed by atoms with Crippen LogP contribution in [0.25, 0.3) is 0 Å². The number of anilines is 1. The topological polar surface area (TPSA) is 83.6 Å². The number of amides is 1. The van der Waals surface area contributed by atoms with Crippen LogP contribution in [0.2, 0.25) is 0 Å². The van der Waals surface area contributed by atoms with E-state index < -0.39 is 11.9 Å². The zero-order chi connectivity index (χ0) is 15.0. The van der Waals surface area contributed by atoms with E-state index in [1.165, 1.54) is 6.39 Å². The first kappa shape index (κ1) is 13.4. The first-order chi connectivity index (χ1) is 10.1. The first-order valence-electron chi connectivity index (χ1n) is 6.63. The summed E-state index contributed by atoms with van der Waals surface area (Å²) in [7, 11) is 0. The summed E-state index contributed by atoms with van der Waals surface area (Å²) in [5.74, 6) is -1.55. The molecule has 1 aliphatic rings. The number of hydrogen-bond acceptors (Lipinski definition) is 4. The van der Waals surface area contributed by atoms with Gasteiger partial charge in [-0.2, -0.15) is 0 Å². The van der Waals surface area contributed by atoms with Gasteiger partial charge in [-0.1, -0.05) is 18.2 Å². The molecule has 2 aromatic rings. The summed E-state index contributed by atoms with van der Waals surface area (Å²) in [5.41, 5.74) is 1.80. The minimum absolute atomic E-state index is 0.193. The predicted molar refractivity (Wildman–Crippen MR) is 74.4 cm³/mol. The van der Waals surface area contributed by atoms with Crippen molar-refractivity contribution in [3.63, 3.8) is 0 Å². The number of aromatic nitrogens is 1. The van der Waals surface area contributed by atoms with Gasteiger partial charge in [-0.25, -0.2) is 4.98 Å². The van der Waals surface area contributed by atoms with Gasteiger partial charge in [0.25, 0.3) is 5.91 Å². The van der Waals surface area contributed by atoms with Crippen LogP contribution in [-0.4, -0.2) is 28.5 Å². The number of carboxylic acid groups (broad SMARTS) is 1. The average Bonchev–Trinajstić information content (AvgIpc) is 2.91. The summed E-state index contributed by atoms with van der Waals surface area (Å²) in [4.78, 5) is 29.4. The van der Waals surface area contributed by atoms with Gasteiger partial charge in [-0.3, -0.25) is 9.59 Å². The summed E-state index contributed by atoms with van der Waals surface area (Å²) in [6, 6.07) is 7.08. The number of rotatable bonds is 2. The highest BCUT2D eigenvalue weighted by atomic mass is 16.4. The third-order valence-corrected chi connectivity index (χ3v) is 3.73. The second-order valence-corrected chi connectivity index (χ2v) is 4.96. The third kappa shape index (κ3) is 2.18. The molecule has 1 aromatic heterocycles. The number of fused-ring (bicyclic) bond motifs is 1. The molecule has 2 heterocycles. The van der Waals surface area contributed by atoms with Crippen LogP contribution in [0.15, 0.2) is 35.1 Å². The van der Waals surface area contributed by atoms with E-state index in [0.717, 1.165) is 0 Å². The molecule has 1 aliphatic heterocycles. The van der Waals surface area contributed by atoms with E-state index in [1.807, 2.05) is 0 Å². The fraction of sp³-hybridized carbons (Fsp3) is 0.267. The van der Waals surface area contributed by atoms with E-state index >= 15 is 0 Å². The van der Waals surface area contributed by atoms with Crippen molar-refractivity contribution in [1.29, 1.82) is 0 Å². The number of oxazole rings is 1. The molecule has 0 saturated carbocycles. The number of hydrogen-bond donors (Lipinski definition) is 1. The molecular formula is C15H14N2O4. The van der Waals surface area contributed by atoms with E-state index in [-0.39, 0.29) is 11.7 Å². The molecule has 6 heteroatoms. The summed E-state index contributed by atoms with van der Waals surface area (Å²) >= 11 is 0. The maximum absolute atomic E-state index is 12.6. The Morgan fingerprint density at radius 1 is 1.38 bits per heavy atom. The molecule has 0 saturated heterocycles. The van der Waals surface area contributed by atoms with Crippen LogP contribution in [0.5, 0.6) is 0 Å². The Bertz CT molecular complexity index is 707. The highest BCUT2D eigenvalue weighted by molar-refractivity contribution is 6.06. The van der Waals surface area contributed by atoms with E-state index in [0.29, 0.717) is 29.9 Å². The van der Waals surface area contributed by atoms with E-state index in [9.17, 15) is 14.7 Å². The Labute approximate surface area is 121 Å². The van der Waals surface area contributed by atoms with Crippen molar-refractivity contribution in [2.75, 3.05) is 11.4 Å². The molecule has 1 N–H and O–H groups in total. The molecule has 1 unspecified atom stereocenters. The van der Waals surface area contributed by atoms with Gasteiger partial charge in [-0.05, 0) is 25.0 Å². The average molecular weight is 286 g/mol. The van der Waals surface area contributed by atoms with Crippen molar-refractivity contribution in [1.82, 2.24) is 4.98 Å². The summed E-state index contributed by atoms with van der Waals surface area (Å²) in [5, 5.41) is 9.31. The Kier molecular flexibility index (Phi) is 3.21. The van der Waals surface area contributed by atoms with Gasteiger partial charge in [0.05, 0.1) is 11.6 Å². The number of carboxylic acids is 1. The van der Waals surface area contributed by atoms with E-state index in [4.69, 9.17) is 4.42 Å². The fourth-order valence-corrected chi connectivity index (χ4v) is 2.66. The lowest BCUT2D eigenvalue weighted by molar-refractivity contribution is -0.139. The Hall–Kier alpha value is -2.63. The van der Waals surface area contributed by atoms with Crippen molar-refractivity contribution < 1.29 is 19.1 Å². The lowest BCUT2D eigenvalue weighted by atomic mass is 9.90. The van der Waals surface area contributed by atoms with Crippen LogP contribution in [0.1, 0.15) is 34.2 Å². The molecule has 0 spiro atoms. The molecule has 3 rings (SSSR count). The van der Waals surface area contributed by atoms with Crippen molar-refractivity contribution in [3.05, 3.63) is 47.7 Å². The molecule has 0 radical (unpaired) electrons. The number of nitrogens with zero attached hydrogens (tertiary/aromatic N) is 2. The lowest BCUT2D eigenvalue weighted by Crippen LogP contribution is -2.38. The van der Waals surface area contributed by atoms with Crippen LogP contribution in [-0.2, 0) is 4.79 Å². The minimum atomic E-state index is -0.870. The van der Waals surface area contributed by atoms with Crippen LogP contribution < -0.4 is 4.90 Å². The minimum Gasteiger partial charge on any atom is -0.481 e. The third-order valence-electron chi connectivity index (χ3n) is 3.73. The Balaban J connectivity index is 2.02.